The molecule has 0 spiro atoms. The van der Waals surface area contributed by atoms with Crippen molar-refractivity contribution in [3.63, 3.8) is 0 Å². The van der Waals surface area contributed by atoms with Crippen LogP contribution >= 0.6 is 23.4 Å². The van der Waals surface area contributed by atoms with Gasteiger partial charge in [0.15, 0.2) is 5.78 Å². The molecule has 29 heavy (non-hydrogen) atoms. The van der Waals surface area contributed by atoms with Crippen LogP contribution in [0.2, 0.25) is 5.02 Å². The third-order valence-corrected chi connectivity index (χ3v) is 6.40. The van der Waals surface area contributed by atoms with Crippen molar-refractivity contribution < 1.29 is 4.79 Å². The third-order valence-electron chi connectivity index (χ3n) is 5.15. The number of carbonyl (C=O) groups excluding carboxylic acids is 1. The summed E-state index contributed by atoms with van der Waals surface area (Å²) in [6, 6.07) is 17.9. The third kappa shape index (κ3) is 3.66. The maximum absolute atomic E-state index is 12.7. The number of thioether (sulfide) groups is 1. The fourth-order valence-electron chi connectivity index (χ4n) is 3.64. The van der Waals surface area contributed by atoms with Crippen molar-refractivity contribution in [2.75, 3.05) is 0 Å². The van der Waals surface area contributed by atoms with Crippen LogP contribution in [0.4, 0.5) is 0 Å². The molecule has 1 aliphatic rings. The molecular formula is C22H17ClN4OS. The molecule has 0 N–H and O–H groups in total. The van der Waals surface area contributed by atoms with E-state index in [1.807, 2.05) is 42.5 Å². The van der Waals surface area contributed by atoms with Crippen LogP contribution in [-0.2, 0) is 12.2 Å². The van der Waals surface area contributed by atoms with Gasteiger partial charge in [-0.15, -0.1) is 5.10 Å². The van der Waals surface area contributed by atoms with Crippen molar-refractivity contribution in [1.82, 2.24) is 19.6 Å². The Balaban J connectivity index is 1.42. The standard InChI is InChI=1S/C22H17ClN4OS/c23-18-9-5-4-8-15(18)13-29-22-25-21-24-19-10-16(14-6-2-1-3-7-14)11-20(28)17(19)12-27(21)26-22/h1-9,12,16H,10-11,13H2. The maximum atomic E-state index is 12.7. The molecule has 0 amide bonds. The highest BCUT2D eigenvalue weighted by Gasteiger charge is 2.28. The first-order chi connectivity index (χ1) is 14.2. The largest absolute Gasteiger partial charge is 0.294 e. The van der Waals surface area contributed by atoms with Gasteiger partial charge in [0.2, 0.25) is 5.16 Å². The van der Waals surface area contributed by atoms with Crippen LogP contribution in [0.1, 0.15) is 39.5 Å². The molecule has 2 aromatic heterocycles. The minimum absolute atomic E-state index is 0.107. The number of Topliss-reactive ketones (excluding diaryl/α,β-unsaturated/α-hetero) is 1. The van der Waals surface area contributed by atoms with Crippen molar-refractivity contribution in [3.05, 3.63) is 88.2 Å². The lowest BCUT2D eigenvalue weighted by molar-refractivity contribution is 0.0962. The van der Waals surface area contributed by atoms with Gasteiger partial charge in [0.25, 0.3) is 5.78 Å². The van der Waals surface area contributed by atoms with Crippen LogP contribution in [0.3, 0.4) is 0 Å². The van der Waals surface area contributed by atoms with Gasteiger partial charge < -0.3 is 0 Å². The van der Waals surface area contributed by atoms with Crippen LogP contribution in [0, 0.1) is 0 Å². The smallest absolute Gasteiger partial charge is 0.253 e. The minimum Gasteiger partial charge on any atom is -0.294 e. The molecule has 1 unspecified atom stereocenters. The number of aromatic nitrogens is 4. The van der Waals surface area contributed by atoms with Crippen molar-refractivity contribution in [3.8, 4) is 0 Å². The highest BCUT2D eigenvalue weighted by atomic mass is 35.5. The number of hydrogen-bond donors (Lipinski definition) is 0. The predicted molar refractivity (Wildman–Crippen MR) is 114 cm³/mol. The summed E-state index contributed by atoms with van der Waals surface area (Å²) in [5.74, 6) is 1.45. The topological polar surface area (TPSA) is 60.2 Å². The van der Waals surface area contributed by atoms with E-state index < -0.39 is 0 Å². The van der Waals surface area contributed by atoms with Crippen molar-refractivity contribution in [1.29, 1.82) is 0 Å². The van der Waals surface area contributed by atoms with Crippen LogP contribution in [0.5, 0.6) is 0 Å². The van der Waals surface area contributed by atoms with Gasteiger partial charge in [-0.05, 0) is 29.5 Å². The molecule has 1 atom stereocenters. The minimum atomic E-state index is 0.107. The van der Waals surface area contributed by atoms with Crippen LogP contribution in [0.15, 0.2) is 66.0 Å². The molecule has 144 valence electrons. The summed E-state index contributed by atoms with van der Waals surface area (Å²) in [7, 11) is 0. The van der Waals surface area contributed by atoms with Crippen LogP contribution in [-0.4, -0.2) is 25.4 Å². The Morgan fingerprint density at radius 1 is 1.03 bits per heavy atom. The second kappa shape index (κ2) is 7.61. The lowest BCUT2D eigenvalue weighted by Gasteiger charge is -2.22. The molecule has 5 rings (SSSR count). The van der Waals surface area contributed by atoms with E-state index in [9.17, 15) is 4.79 Å². The number of nitrogens with zero attached hydrogens (tertiary/aromatic N) is 4. The van der Waals surface area contributed by atoms with Gasteiger partial charge in [0.1, 0.15) is 0 Å². The number of benzene rings is 2. The summed E-state index contributed by atoms with van der Waals surface area (Å²) in [6.45, 7) is 0. The highest BCUT2D eigenvalue weighted by Crippen LogP contribution is 2.32. The highest BCUT2D eigenvalue weighted by molar-refractivity contribution is 7.98. The Labute approximate surface area is 177 Å². The number of rotatable bonds is 4. The van der Waals surface area contributed by atoms with Crippen LogP contribution < -0.4 is 0 Å². The average molecular weight is 421 g/mol. The SMILES string of the molecule is O=C1CC(c2ccccc2)Cc2nc3nc(SCc4ccccc4Cl)nn3cc21. The molecule has 1 aliphatic carbocycles. The van der Waals surface area contributed by atoms with E-state index >= 15 is 0 Å². The molecule has 0 saturated carbocycles. The molecular weight excluding hydrogens is 404 g/mol. The number of carbonyl (C=O) groups is 1. The Hall–Kier alpha value is -2.70. The van der Waals surface area contributed by atoms with Gasteiger partial charge in [-0.2, -0.15) is 4.98 Å². The average Bonchev–Trinajstić information content (AvgIpc) is 3.14. The molecule has 2 aromatic carbocycles. The van der Waals surface area contributed by atoms with Gasteiger partial charge in [0.05, 0.1) is 11.3 Å². The first kappa shape index (κ1) is 18.3. The normalized spacial score (nSPS) is 16.2. The molecule has 5 nitrogen and oxygen atoms in total. The molecule has 0 radical (unpaired) electrons. The van der Waals surface area contributed by atoms with Gasteiger partial charge >= 0.3 is 0 Å². The first-order valence-electron chi connectivity index (χ1n) is 9.38. The van der Waals surface area contributed by atoms with Gasteiger partial charge in [0, 0.05) is 23.4 Å². The van der Waals surface area contributed by atoms with Crippen molar-refractivity contribution >= 4 is 34.9 Å². The van der Waals surface area contributed by atoms with Crippen molar-refractivity contribution in [2.24, 2.45) is 0 Å². The van der Waals surface area contributed by atoms with E-state index in [2.05, 4.69) is 27.2 Å². The lowest BCUT2D eigenvalue weighted by Crippen LogP contribution is -2.21. The quantitative estimate of drug-likeness (QED) is 0.435. The van der Waals surface area contributed by atoms with Crippen LogP contribution in [0.25, 0.3) is 5.78 Å². The molecule has 0 bridgehead atoms. The fourth-order valence-corrected chi connectivity index (χ4v) is 4.75. The summed E-state index contributed by atoms with van der Waals surface area (Å²) in [5.41, 5.74) is 3.66. The zero-order chi connectivity index (χ0) is 19.8. The zero-order valence-corrected chi connectivity index (χ0v) is 17.0. The summed E-state index contributed by atoms with van der Waals surface area (Å²) in [5, 5.41) is 5.84. The second-order valence-electron chi connectivity index (χ2n) is 7.06. The number of ketones is 1. The molecule has 7 heteroatoms. The molecule has 0 aliphatic heterocycles. The Bertz CT molecular complexity index is 1210. The Morgan fingerprint density at radius 3 is 2.66 bits per heavy atom. The Kier molecular flexibility index (Phi) is 4.81. The second-order valence-corrected chi connectivity index (χ2v) is 8.41. The van der Waals surface area contributed by atoms with Crippen molar-refractivity contribution in [2.45, 2.75) is 29.7 Å². The molecule has 4 aromatic rings. The van der Waals surface area contributed by atoms with Gasteiger partial charge in [-0.25, -0.2) is 9.50 Å². The van der Waals surface area contributed by atoms with Gasteiger partial charge in [-0.1, -0.05) is 71.9 Å². The summed E-state index contributed by atoms with van der Waals surface area (Å²) in [4.78, 5) is 21.9. The predicted octanol–water partition coefficient (Wildman–Crippen LogP) is 4.98. The van der Waals surface area contributed by atoms with Gasteiger partial charge in [-0.3, -0.25) is 4.79 Å². The van der Waals surface area contributed by atoms with E-state index in [0.717, 1.165) is 22.7 Å². The Morgan fingerprint density at radius 2 is 1.83 bits per heavy atom. The van der Waals surface area contributed by atoms with E-state index in [1.165, 1.54) is 17.3 Å². The lowest BCUT2D eigenvalue weighted by atomic mass is 9.82. The van der Waals surface area contributed by atoms with E-state index in [1.54, 1.807) is 10.7 Å². The monoisotopic (exact) mass is 420 g/mol. The summed E-state index contributed by atoms with van der Waals surface area (Å²) in [6.07, 6.45) is 3.00. The molecule has 2 heterocycles. The van der Waals surface area contributed by atoms with E-state index in [-0.39, 0.29) is 11.7 Å². The van der Waals surface area contributed by atoms with E-state index in [0.29, 0.717) is 28.7 Å². The number of fused-ring (bicyclic) bond motifs is 2. The number of hydrogen-bond acceptors (Lipinski definition) is 5. The summed E-state index contributed by atoms with van der Waals surface area (Å²) >= 11 is 7.73. The summed E-state index contributed by atoms with van der Waals surface area (Å²) < 4.78 is 1.61. The van der Waals surface area contributed by atoms with E-state index in [4.69, 9.17) is 11.6 Å². The number of halogens is 1. The fraction of sp³-hybridized carbons (Fsp3) is 0.182. The molecule has 0 saturated heterocycles. The first-order valence-corrected chi connectivity index (χ1v) is 10.7. The molecule has 0 fully saturated rings. The zero-order valence-electron chi connectivity index (χ0n) is 15.5. The maximum Gasteiger partial charge on any atom is 0.253 e.